The molecule has 0 aromatic heterocycles. The van der Waals surface area contributed by atoms with Crippen molar-refractivity contribution < 1.29 is 33.5 Å². The molecule has 0 unspecified atom stereocenters. The zero-order valence-corrected chi connectivity index (χ0v) is 51.3. The molecule has 0 fully saturated rings. The Balaban J connectivity index is 3.07. The van der Waals surface area contributed by atoms with Crippen LogP contribution in [0.1, 0.15) is 354 Å². The number of rotatable bonds is 72. The second kappa shape index (κ2) is 73.7. The first kappa shape index (κ1) is 74.7. The van der Waals surface area contributed by atoms with Gasteiger partial charge in [-0.3, -0.25) is 0 Å². The molecular formula is C68H138O7. The van der Waals surface area contributed by atoms with Crippen molar-refractivity contribution in [3.8, 4) is 0 Å². The van der Waals surface area contributed by atoms with Gasteiger partial charge in [0.15, 0.2) is 0 Å². The SMILES string of the molecule is CCCCCCCCCCCCCCCCCCCCCCCCCCCCCCCCCCCCCCCCCCCCCCCCCCCCCCCCOCCOCCOCCOCCOCCOCCO. The van der Waals surface area contributed by atoms with E-state index in [0.717, 1.165) is 13.0 Å². The summed E-state index contributed by atoms with van der Waals surface area (Å²) in [6.45, 7) is 9.18. The van der Waals surface area contributed by atoms with Gasteiger partial charge in [0, 0.05) is 6.61 Å². The Bertz CT molecular complexity index is 865. The summed E-state index contributed by atoms with van der Waals surface area (Å²) >= 11 is 0. The van der Waals surface area contributed by atoms with Gasteiger partial charge in [-0.05, 0) is 6.42 Å². The Hall–Kier alpha value is -0.280. The Labute approximate surface area is 471 Å². The number of aliphatic hydroxyl groups excluding tert-OH is 1. The first-order valence-electron chi connectivity index (χ1n) is 34.5. The monoisotopic (exact) mass is 1070 g/mol. The Kier molecular flexibility index (Phi) is 73.4. The van der Waals surface area contributed by atoms with E-state index in [2.05, 4.69) is 6.92 Å². The van der Waals surface area contributed by atoms with E-state index in [1.54, 1.807) is 0 Å². The summed E-state index contributed by atoms with van der Waals surface area (Å²) < 4.78 is 32.8. The Morgan fingerprint density at radius 2 is 0.267 bits per heavy atom. The van der Waals surface area contributed by atoms with Crippen LogP contribution < -0.4 is 0 Å². The molecule has 0 saturated carbocycles. The third-order valence-electron chi connectivity index (χ3n) is 15.7. The molecule has 0 heterocycles. The third kappa shape index (κ3) is 73.7. The highest BCUT2D eigenvalue weighted by atomic mass is 16.6. The fraction of sp³-hybridized carbons (Fsp3) is 1.00. The van der Waals surface area contributed by atoms with Crippen LogP contribution in [0.4, 0.5) is 0 Å². The highest BCUT2D eigenvalue weighted by Crippen LogP contribution is 2.19. The summed E-state index contributed by atoms with van der Waals surface area (Å²) in [4.78, 5) is 0. The quantitative estimate of drug-likeness (QED) is 0.0608. The minimum Gasteiger partial charge on any atom is -0.394 e. The molecule has 452 valence electrons. The minimum absolute atomic E-state index is 0.0435. The molecule has 0 spiro atoms. The molecule has 0 rings (SSSR count). The van der Waals surface area contributed by atoms with Gasteiger partial charge in [0.25, 0.3) is 0 Å². The molecule has 0 aliphatic heterocycles. The number of ether oxygens (including phenoxy) is 6. The average Bonchev–Trinajstić information content (AvgIpc) is 3.42. The van der Waals surface area contributed by atoms with Crippen LogP contribution >= 0.6 is 0 Å². The molecule has 0 aliphatic rings. The summed E-state index contributed by atoms with van der Waals surface area (Å²) in [5.41, 5.74) is 0. The first-order valence-corrected chi connectivity index (χ1v) is 34.5. The Morgan fingerprint density at radius 1 is 0.147 bits per heavy atom. The van der Waals surface area contributed by atoms with Gasteiger partial charge in [-0.2, -0.15) is 0 Å². The second-order valence-electron chi connectivity index (χ2n) is 23.1. The van der Waals surface area contributed by atoms with Crippen LogP contribution in [0, 0.1) is 0 Å². The predicted molar refractivity (Wildman–Crippen MR) is 327 cm³/mol. The lowest BCUT2D eigenvalue weighted by atomic mass is 10.0. The molecule has 0 aromatic rings. The summed E-state index contributed by atoms with van der Waals surface area (Å²) in [5, 5.41) is 8.63. The Morgan fingerprint density at radius 3 is 0.413 bits per heavy atom. The van der Waals surface area contributed by atoms with E-state index in [-0.39, 0.29) is 6.61 Å². The van der Waals surface area contributed by atoms with E-state index < -0.39 is 0 Å². The maximum Gasteiger partial charge on any atom is 0.0701 e. The first-order chi connectivity index (χ1) is 37.4. The number of unbranched alkanes of at least 4 members (excludes halogenated alkanes) is 53. The second-order valence-corrected chi connectivity index (χ2v) is 23.1. The summed E-state index contributed by atoms with van der Waals surface area (Å²) in [7, 11) is 0. The van der Waals surface area contributed by atoms with Crippen LogP contribution in [0.3, 0.4) is 0 Å². The van der Waals surface area contributed by atoms with Crippen molar-refractivity contribution >= 4 is 0 Å². The zero-order valence-electron chi connectivity index (χ0n) is 51.3. The average molecular weight is 1070 g/mol. The van der Waals surface area contributed by atoms with Gasteiger partial charge in [0.1, 0.15) is 0 Å². The van der Waals surface area contributed by atoms with Crippen LogP contribution in [0.2, 0.25) is 0 Å². The molecule has 7 heteroatoms. The molecule has 0 saturated heterocycles. The van der Waals surface area contributed by atoms with Gasteiger partial charge < -0.3 is 33.5 Å². The van der Waals surface area contributed by atoms with Crippen molar-refractivity contribution in [2.45, 2.75) is 354 Å². The van der Waals surface area contributed by atoms with Gasteiger partial charge in [0.2, 0.25) is 0 Å². The van der Waals surface area contributed by atoms with Crippen LogP contribution in [-0.4, -0.2) is 91.0 Å². The van der Waals surface area contributed by atoms with Gasteiger partial charge >= 0.3 is 0 Å². The van der Waals surface area contributed by atoms with Crippen LogP contribution in [0.15, 0.2) is 0 Å². The maximum atomic E-state index is 8.63. The smallest absolute Gasteiger partial charge is 0.0701 e. The van der Waals surface area contributed by atoms with Crippen molar-refractivity contribution in [3.05, 3.63) is 0 Å². The van der Waals surface area contributed by atoms with E-state index in [4.69, 9.17) is 33.5 Å². The lowest BCUT2D eigenvalue weighted by Gasteiger charge is -2.08. The van der Waals surface area contributed by atoms with Crippen molar-refractivity contribution in [2.75, 3.05) is 85.9 Å². The fourth-order valence-corrected chi connectivity index (χ4v) is 10.7. The highest BCUT2D eigenvalue weighted by molar-refractivity contribution is 4.55. The largest absolute Gasteiger partial charge is 0.394 e. The maximum absolute atomic E-state index is 8.63. The molecule has 0 aromatic carbocycles. The molecule has 0 bridgehead atoms. The molecule has 0 amide bonds. The van der Waals surface area contributed by atoms with E-state index in [1.807, 2.05) is 0 Å². The molecule has 7 nitrogen and oxygen atoms in total. The van der Waals surface area contributed by atoms with Gasteiger partial charge in [-0.15, -0.1) is 0 Å². The summed E-state index contributed by atoms with van der Waals surface area (Å²) in [6, 6.07) is 0. The van der Waals surface area contributed by atoms with Crippen LogP contribution in [0.25, 0.3) is 0 Å². The molecular weight excluding hydrogens is 929 g/mol. The van der Waals surface area contributed by atoms with E-state index >= 15 is 0 Å². The normalized spacial score (nSPS) is 11.8. The van der Waals surface area contributed by atoms with E-state index in [1.165, 1.54) is 340 Å². The predicted octanol–water partition coefficient (Wildman–Crippen LogP) is 21.2. The molecule has 0 radical (unpaired) electrons. The third-order valence-corrected chi connectivity index (χ3v) is 15.7. The zero-order chi connectivity index (χ0) is 53.6. The number of aliphatic hydroxyl groups is 1. The van der Waals surface area contributed by atoms with Crippen LogP contribution in [-0.2, 0) is 28.4 Å². The molecule has 0 atom stereocenters. The standard InChI is InChI=1S/C68H138O7/c1-2-3-4-5-6-7-8-9-10-11-12-13-14-15-16-17-18-19-20-21-22-23-24-25-26-27-28-29-30-31-32-33-34-35-36-37-38-39-40-41-42-43-44-45-46-47-48-49-50-51-52-53-54-55-57-70-59-61-72-63-65-74-67-68-75-66-64-73-62-60-71-58-56-69/h69H,2-68H2,1H3. The molecule has 0 aliphatic carbocycles. The van der Waals surface area contributed by atoms with Crippen molar-refractivity contribution in [1.29, 1.82) is 0 Å². The highest BCUT2D eigenvalue weighted by Gasteiger charge is 2.01. The van der Waals surface area contributed by atoms with Crippen molar-refractivity contribution in [3.63, 3.8) is 0 Å². The summed E-state index contributed by atoms with van der Waals surface area (Å²) in [6.07, 6.45) is 78.9. The van der Waals surface area contributed by atoms with Crippen LogP contribution in [0.5, 0.6) is 0 Å². The van der Waals surface area contributed by atoms with Crippen molar-refractivity contribution in [1.82, 2.24) is 0 Å². The van der Waals surface area contributed by atoms with Crippen molar-refractivity contribution in [2.24, 2.45) is 0 Å². The van der Waals surface area contributed by atoms with E-state index in [9.17, 15) is 0 Å². The number of hydrogen-bond donors (Lipinski definition) is 1. The minimum atomic E-state index is 0.0435. The van der Waals surface area contributed by atoms with Gasteiger partial charge in [0.05, 0.1) is 79.3 Å². The van der Waals surface area contributed by atoms with Gasteiger partial charge in [-0.1, -0.05) is 347 Å². The van der Waals surface area contributed by atoms with E-state index in [0.29, 0.717) is 72.7 Å². The van der Waals surface area contributed by atoms with Gasteiger partial charge in [-0.25, -0.2) is 0 Å². The lowest BCUT2D eigenvalue weighted by molar-refractivity contribution is -0.0182. The topological polar surface area (TPSA) is 75.6 Å². The molecule has 1 N–H and O–H groups in total. The summed E-state index contributed by atoms with van der Waals surface area (Å²) in [5.74, 6) is 0. The molecule has 75 heavy (non-hydrogen) atoms. The number of hydrogen-bond acceptors (Lipinski definition) is 7. The fourth-order valence-electron chi connectivity index (χ4n) is 10.7. The lowest BCUT2D eigenvalue weighted by Crippen LogP contribution is -2.14.